The SMILES string of the molecule is O=C(O)CC(=O)c1ccccc1.[H-].[K+]. The third kappa shape index (κ3) is 4.68. The summed E-state index contributed by atoms with van der Waals surface area (Å²) in [5.41, 5.74) is 0.444. The molecule has 1 N–H and O–H groups in total. The summed E-state index contributed by atoms with van der Waals surface area (Å²) in [5, 5.41) is 8.32. The molecule has 0 unspecified atom stereocenters. The van der Waals surface area contributed by atoms with Gasteiger partial charge in [-0.1, -0.05) is 30.3 Å². The summed E-state index contributed by atoms with van der Waals surface area (Å²) < 4.78 is 0. The van der Waals surface area contributed by atoms with Crippen LogP contribution in [0, 0.1) is 0 Å². The molecular formula is C9H9KO3. The number of carbonyl (C=O) groups is 2. The van der Waals surface area contributed by atoms with Crippen molar-refractivity contribution in [2.24, 2.45) is 0 Å². The quantitative estimate of drug-likeness (QED) is 0.369. The van der Waals surface area contributed by atoms with Gasteiger partial charge in [0.05, 0.1) is 0 Å². The molecule has 0 aliphatic carbocycles. The summed E-state index contributed by atoms with van der Waals surface area (Å²) in [6.45, 7) is 0. The van der Waals surface area contributed by atoms with Crippen LogP contribution in [0.3, 0.4) is 0 Å². The van der Waals surface area contributed by atoms with Crippen molar-refractivity contribution < 1.29 is 67.5 Å². The van der Waals surface area contributed by atoms with Crippen molar-refractivity contribution in [1.29, 1.82) is 0 Å². The molecule has 0 amide bonds. The zero-order chi connectivity index (χ0) is 8.97. The molecule has 4 heteroatoms. The van der Waals surface area contributed by atoms with Gasteiger partial charge >= 0.3 is 57.4 Å². The van der Waals surface area contributed by atoms with E-state index in [4.69, 9.17) is 5.11 Å². The summed E-state index contributed by atoms with van der Waals surface area (Å²) >= 11 is 0. The first-order valence-corrected chi connectivity index (χ1v) is 3.50. The van der Waals surface area contributed by atoms with Crippen LogP contribution in [0.2, 0.25) is 0 Å². The second-order valence-corrected chi connectivity index (χ2v) is 2.36. The predicted octanol–water partition coefficient (Wildman–Crippen LogP) is -1.54. The first-order valence-electron chi connectivity index (χ1n) is 3.50. The molecule has 0 atom stereocenters. The zero-order valence-corrected chi connectivity index (χ0v) is 10.5. The Morgan fingerprint density at radius 2 is 1.77 bits per heavy atom. The molecule has 0 heterocycles. The van der Waals surface area contributed by atoms with Gasteiger partial charge in [-0.05, 0) is 0 Å². The van der Waals surface area contributed by atoms with Crippen LogP contribution in [-0.2, 0) is 4.79 Å². The van der Waals surface area contributed by atoms with E-state index >= 15 is 0 Å². The van der Waals surface area contributed by atoms with Gasteiger partial charge in [0.2, 0.25) is 0 Å². The molecule has 1 rings (SSSR count). The fourth-order valence-corrected chi connectivity index (χ4v) is 0.863. The largest absolute Gasteiger partial charge is 1.00 e. The van der Waals surface area contributed by atoms with Crippen LogP contribution in [0.25, 0.3) is 0 Å². The molecule has 64 valence electrons. The molecule has 3 nitrogen and oxygen atoms in total. The third-order valence-electron chi connectivity index (χ3n) is 1.41. The van der Waals surface area contributed by atoms with E-state index in [2.05, 4.69) is 0 Å². The second-order valence-electron chi connectivity index (χ2n) is 2.36. The van der Waals surface area contributed by atoms with Gasteiger partial charge in [0, 0.05) is 5.56 Å². The summed E-state index contributed by atoms with van der Waals surface area (Å²) in [6, 6.07) is 8.39. The number of carbonyl (C=O) groups excluding carboxylic acids is 1. The monoisotopic (exact) mass is 204 g/mol. The Bertz CT molecular complexity index is 300. The van der Waals surface area contributed by atoms with Gasteiger partial charge in [0.1, 0.15) is 6.42 Å². The standard InChI is InChI=1S/C9H8O3.K.H/c10-8(6-9(11)12)7-4-2-1-3-5-7;;/h1-5H,6H2,(H,11,12);;/q;+1;-1. The van der Waals surface area contributed by atoms with Gasteiger partial charge in [0.15, 0.2) is 5.78 Å². The summed E-state index contributed by atoms with van der Waals surface area (Å²) in [5.74, 6) is -1.45. The maximum Gasteiger partial charge on any atom is 1.00 e. The molecular weight excluding hydrogens is 195 g/mol. The Morgan fingerprint density at radius 3 is 2.23 bits per heavy atom. The minimum absolute atomic E-state index is 0. The average Bonchev–Trinajstić information content (AvgIpc) is 2.05. The number of Topliss-reactive ketones (excluding diaryl/α,β-unsaturated/α-hetero) is 1. The van der Waals surface area contributed by atoms with Gasteiger partial charge in [-0.2, -0.15) is 0 Å². The second kappa shape index (κ2) is 6.45. The summed E-state index contributed by atoms with van der Waals surface area (Å²) in [7, 11) is 0. The zero-order valence-electron chi connectivity index (χ0n) is 8.36. The molecule has 1 aromatic carbocycles. The van der Waals surface area contributed by atoms with E-state index in [0.717, 1.165) is 0 Å². The van der Waals surface area contributed by atoms with E-state index < -0.39 is 12.4 Å². The van der Waals surface area contributed by atoms with Crippen LogP contribution in [0.5, 0.6) is 0 Å². The van der Waals surface area contributed by atoms with Crippen molar-refractivity contribution in [1.82, 2.24) is 0 Å². The number of ketones is 1. The molecule has 0 spiro atoms. The van der Waals surface area contributed by atoms with Crippen molar-refractivity contribution in [3.05, 3.63) is 35.9 Å². The molecule has 1 aromatic rings. The molecule has 0 fully saturated rings. The number of hydrogen-bond acceptors (Lipinski definition) is 2. The van der Waals surface area contributed by atoms with Gasteiger partial charge in [-0.15, -0.1) is 0 Å². The maximum absolute atomic E-state index is 11.1. The fourth-order valence-electron chi connectivity index (χ4n) is 0.863. The number of rotatable bonds is 3. The topological polar surface area (TPSA) is 54.4 Å². The van der Waals surface area contributed by atoms with Gasteiger partial charge in [-0.25, -0.2) is 0 Å². The number of aliphatic carboxylic acids is 1. The Hall–Kier alpha value is -0.00364. The number of benzene rings is 1. The molecule has 0 bridgehead atoms. The van der Waals surface area contributed by atoms with Crippen molar-refractivity contribution in [3.8, 4) is 0 Å². The molecule has 0 radical (unpaired) electrons. The van der Waals surface area contributed by atoms with Crippen LogP contribution in [-0.4, -0.2) is 16.9 Å². The summed E-state index contributed by atoms with van der Waals surface area (Å²) in [4.78, 5) is 21.2. The van der Waals surface area contributed by atoms with Crippen molar-refractivity contribution in [2.75, 3.05) is 0 Å². The van der Waals surface area contributed by atoms with Gasteiger partial charge in [-0.3, -0.25) is 9.59 Å². The predicted molar refractivity (Wildman–Crippen MR) is 44.1 cm³/mol. The van der Waals surface area contributed by atoms with Gasteiger partial charge in [0.25, 0.3) is 0 Å². The number of carboxylic acid groups (broad SMARTS) is 1. The first-order chi connectivity index (χ1) is 5.70. The van der Waals surface area contributed by atoms with E-state index in [-0.39, 0.29) is 58.6 Å². The molecule has 0 aliphatic rings. The normalized spacial score (nSPS) is 8.62. The van der Waals surface area contributed by atoms with E-state index in [0.29, 0.717) is 5.56 Å². The van der Waals surface area contributed by atoms with Crippen LogP contribution in [0.15, 0.2) is 30.3 Å². The van der Waals surface area contributed by atoms with E-state index in [1.807, 2.05) is 0 Å². The van der Waals surface area contributed by atoms with Crippen molar-refractivity contribution in [3.63, 3.8) is 0 Å². The Morgan fingerprint density at radius 1 is 1.23 bits per heavy atom. The van der Waals surface area contributed by atoms with E-state index in [1.54, 1.807) is 30.3 Å². The Kier molecular flexibility index (Phi) is 6.45. The minimum Gasteiger partial charge on any atom is -1.00 e. The van der Waals surface area contributed by atoms with E-state index in [9.17, 15) is 9.59 Å². The molecule has 0 aliphatic heterocycles. The molecule has 0 saturated carbocycles. The first kappa shape index (κ1) is 13.0. The van der Waals surface area contributed by atoms with E-state index in [1.165, 1.54) is 0 Å². The minimum atomic E-state index is -1.09. The fraction of sp³-hybridized carbons (Fsp3) is 0.111. The van der Waals surface area contributed by atoms with Gasteiger partial charge < -0.3 is 6.53 Å². The Labute approximate surface area is 120 Å². The average molecular weight is 204 g/mol. The summed E-state index contributed by atoms with van der Waals surface area (Å²) in [6.07, 6.45) is -0.440. The van der Waals surface area contributed by atoms with Crippen molar-refractivity contribution >= 4 is 11.8 Å². The molecule has 13 heavy (non-hydrogen) atoms. The van der Waals surface area contributed by atoms with Crippen LogP contribution < -0.4 is 51.4 Å². The third-order valence-corrected chi connectivity index (χ3v) is 1.41. The van der Waals surface area contributed by atoms with Crippen LogP contribution in [0.4, 0.5) is 0 Å². The van der Waals surface area contributed by atoms with Crippen LogP contribution in [0.1, 0.15) is 18.2 Å². The van der Waals surface area contributed by atoms with Crippen molar-refractivity contribution in [2.45, 2.75) is 6.42 Å². The van der Waals surface area contributed by atoms with Crippen LogP contribution >= 0.6 is 0 Å². The molecule has 0 aromatic heterocycles. The number of carboxylic acids is 1. The molecule has 0 saturated heterocycles. The maximum atomic E-state index is 11.1. The smallest absolute Gasteiger partial charge is 1.00 e. The number of hydrogen-bond donors (Lipinski definition) is 1. The Balaban J connectivity index is 0.